The normalized spacial score (nSPS) is 17.8. The predicted octanol–water partition coefficient (Wildman–Crippen LogP) is 1.19. The van der Waals surface area contributed by atoms with E-state index in [1.807, 2.05) is 0 Å². The van der Waals surface area contributed by atoms with Crippen LogP contribution in [-0.2, 0) is 16.6 Å². The molecule has 0 bridgehead atoms. The molecule has 0 aromatic carbocycles. The summed E-state index contributed by atoms with van der Waals surface area (Å²) in [6.45, 7) is 6.31. The zero-order valence-corrected chi connectivity index (χ0v) is 13.0. The van der Waals surface area contributed by atoms with Crippen molar-refractivity contribution in [3.8, 4) is 0 Å². The molecule has 0 amide bonds. The smallest absolute Gasteiger partial charge is 0.254 e. The van der Waals surface area contributed by atoms with Gasteiger partial charge in [-0.25, -0.2) is 13.4 Å². The second-order valence-corrected chi connectivity index (χ2v) is 7.20. The van der Waals surface area contributed by atoms with Gasteiger partial charge in [0, 0.05) is 37.6 Å². The van der Waals surface area contributed by atoms with Gasteiger partial charge in [-0.1, -0.05) is 20.3 Å². The van der Waals surface area contributed by atoms with Crippen LogP contribution in [0, 0.1) is 0 Å². The maximum absolute atomic E-state index is 12.3. The lowest BCUT2D eigenvalue weighted by Crippen LogP contribution is -2.44. The van der Waals surface area contributed by atoms with E-state index >= 15 is 0 Å². The van der Waals surface area contributed by atoms with Gasteiger partial charge in [0.1, 0.15) is 4.90 Å². The molecule has 20 heavy (non-hydrogen) atoms. The zero-order valence-electron chi connectivity index (χ0n) is 12.1. The number of H-pyrrole nitrogens is 1. The molecule has 0 saturated carbocycles. The van der Waals surface area contributed by atoms with Crippen molar-refractivity contribution >= 4 is 10.0 Å². The fourth-order valence-electron chi connectivity index (χ4n) is 2.20. The number of rotatable bonds is 6. The highest BCUT2D eigenvalue weighted by atomic mass is 32.2. The van der Waals surface area contributed by atoms with Crippen molar-refractivity contribution in [1.82, 2.24) is 20.1 Å². The first-order valence-corrected chi connectivity index (χ1v) is 8.64. The summed E-state index contributed by atoms with van der Waals surface area (Å²) in [5, 5.41) is 5.04. The second kappa shape index (κ2) is 6.71. The van der Waals surface area contributed by atoms with Gasteiger partial charge in [0.15, 0.2) is 0 Å². The van der Waals surface area contributed by atoms with E-state index in [9.17, 15) is 8.42 Å². The Morgan fingerprint density at radius 3 is 2.65 bits per heavy atom. The van der Waals surface area contributed by atoms with Gasteiger partial charge >= 0.3 is 0 Å². The van der Waals surface area contributed by atoms with Crippen LogP contribution in [0.4, 0.5) is 0 Å². The molecule has 1 aromatic rings. The predicted molar refractivity (Wildman–Crippen MR) is 78.5 cm³/mol. The van der Waals surface area contributed by atoms with Crippen molar-refractivity contribution in [2.75, 3.05) is 13.1 Å². The van der Waals surface area contributed by atoms with Gasteiger partial charge in [-0.2, -0.15) is 0 Å². The molecular formula is C13H24N4O2S. The molecule has 1 fully saturated rings. The molecular weight excluding hydrogens is 276 g/mol. The van der Waals surface area contributed by atoms with E-state index in [0.717, 1.165) is 31.6 Å². The first-order chi connectivity index (χ1) is 9.47. The van der Waals surface area contributed by atoms with Crippen LogP contribution in [0.1, 0.15) is 38.8 Å². The van der Waals surface area contributed by atoms with E-state index in [4.69, 9.17) is 0 Å². The third kappa shape index (κ3) is 4.31. The van der Waals surface area contributed by atoms with Gasteiger partial charge in [0.25, 0.3) is 10.0 Å². The number of aromatic amines is 1. The van der Waals surface area contributed by atoms with E-state index in [1.54, 1.807) is 17.3 Å². The third-order valence-electron chi connectivity index (χ3n) is 3.33. The number of nitrogens with one attached hydrogen (secondary N) is 3. The molecule has 1 aliphatic heterocycles. The molecule has 1 aliphatic rings. The molecule has 1 aromatic heterocycles. The Morgan fingerprint density at radius 1 is 1.30 bits per heavy atom. The Balaban J connectivity index is 1.98. The van der Waals surface area contributed by atoms with Crippen LogP contribution in [0.2, 0.25) is 0 Å². The molecule has 1 saturated heterocycles. The van der Waals surface area contributed by atoms with Crippen molar-refractivity contribution < 1.29 is 8.42 Å². The number of hydrogen-bond acceptors (Lipinski definition) is 4. The minimum Gasteiger partial charge on any atom is -0.363 e. The van der Waals surface area contributed by atoms with Crippen LogP contribution < -0.4 is 10.1 Å². The highest BCUT2D eigenvalue weighted by molar-refractivity contribution is 7.89. The summed E-state index contributed by atoms with van der Waals surface area (Å²) < 4.78 is 24.5. The highest BCUT2D eigenvalue weighted by Gasteiger charge is 2.21. The lowest BCUT2D eigenvalue weighted by molar-refractivity contribution is 0.200. The fourth-order valence-corrected chi connectivity index (χ4v) is 3.34. The molecule has 7 heteroatoms. The largest absolute Gasteiger partial charge is 0.363 e. The summed E-state index contributed by atoms with van der Waals surface area (Å²) >= 11 is 0. The second-order valence-electron chi connectivity index (χ2n) is 5.54. The Labute approximate surface area is 121 Å². The minimum absolute atomic E-state index is 0.295. The number of hydrogen-bond donors (Lipinski definition) is 3. The molecule has 0 radical (unpaired) electrons. The van der Waals surface area contributed by atoms with Crippen molar-refractivity contribution in [2.45, 2.75) is 50.6 Å². The summed E-state index contributed by atoms with van der Waals surface area (Å²) in [6, 6.07) is 2.05. The molecule has 114 valence electrons. The molecule has 3 N–H and O–H groups in total. The summed E-state index contributed by atoms with van der Waals surface area (Å²) in [5.41, 5.74) is 0.873. The maximum Gasteiger partial charge on any atom is 0.254 e. The van der Waals surface area contributed by atoms with Crippen LogP contribution in [0.25, 0.3) is 0 Å². The monoisotopic (exact) mass is 300 g/mol. The topological polar surface area (TPSA) is 77.2 Å². The third-order valence-corrected chi connectivity index (χ3v) is 4.69. The first kappa shape index (κ1) is 15.5. The number of piperidine rings is 1. The number of nitrogens with zero attached hydrogens (tertiary/aromatic N) is 1. The van der Waals surface area contributed by atoms with Gasteiger partial charge in [-0.3, -0.25) is 0 Å². The lowest BCUT2D eigenvalue weighted by atomic mass is 10.2. The van der Waals surface area contributed by atoms with Crippen molar-refractivity contribution in [3.63, 3.8) is 0 Å². The average Bonchev–Trinajstić information content (AvgIpc) is 2.86. The Kier molecular flexibility index (Phi) is 5.20. The van der Waals surface area contributed by atoms with Crippen molar-refractivity contribution in [1.29, 1.82) is 0 Å². The lowest BCUT2D eigenvalue weighted by Gasteiger charge is -2.26. The van der Waals surface area contributed by atoms with Crippen molar-refractivity contribution in [2.24, 2.45) is 0 Å². The quantitative estimate of drug-likeness (QED) is 0.737. The van der Waals surface area contributed by atoms with Gasteiger partial charge in [0.2, 0.25) is 0 Å². The first-order valence-electron chi connectivity index (χ1n) is 7.15. The summed E-state index contributed by atoms with van der Waals surface area (Å²) in [7, 11) is -3.46. The number of hydrazine groups is 1. The fraction of sp³-hybridized carbons (Fsp3) is 0.692. The average molecular weight is 300 g/mol. The Morgan fingerprint density at radius 2 is 2.00 bits per heavy atom. The summed E-state index contributed by atoms with van der Waals surface area (Å²) in [6.07, 6.45) is 4.80. The van der Waals surface area contributed by atoms with E-state index in [1.165, 1.54) is 6.42 Å². The Bertz CT molecular complexity index is 518. The van der Waals surface area contributed by atoms with Crippen LogP contribution >= 0.6 is 0 Å². The minimum atomic E-state index is -3.46. The SMILES string of the molecule is CC(C)NCc1cc(S(=O)(=O)NN2CCCCC2)c[nH]1. The number of sulfonamides is 1. The van der Waals surface area contributed by atoms with Crippen molar-refractivity contribution in [3.05, 3.63) is 18.0 Å². The van der Waals surface area contributed by atoms with E-state index in [0.29, 0.717) is 17.5 Å². The van der Waals surface area contributed by atoms with Crippen LogP contribution in [0.5, 0.6) is 0 Å². The van der Waals surface area contributed by atoms with Crippen LogP contribution in [-0.4, -0.2) is 37.5 Å². The highest BCUT2D eigenvalue weighted by Crippen LogP contribution is 2.13. The summed E-state index contributed by atoms with van der Waals surface area (Å²) in [4.78, 5) is 5.95. The van der Waals surface area contributed by atoms with E-state index < -0.39 is 10.0 Å². The molecule has 0 spiro atoms. The van der Waals surface area contributed by atoms with Gasteiger partial charge in [0.05, 0.1) is 0 Å². The van der Waals surface area contributed by atoms with Gasteiger partial charge in [-0.15, -0.1) is 4.83 Å². The zero-order chi connectivity index (χ0) is 14.6. The van der Waals surface area contributed by atoms with E-state index in [-0.39, 0.29) is 0 Å². The molecule has 0 unspecified atom stereocenters. The number of aromatic nitrogens is 1. The van der Waals surface area contributed by atoms with Gasteiger partial charge < -0.3 is 10.3 Å². The van der Waals surface area contributed by atoms with Crippen LogP contribution in [0.15, 0.2) is 17.2 Å². The van der Waals surface area contributed by atoms with Crippen LogP contribution in [0.3, 0.4) is 0 Å². The van der Waals surface area contributed by atoms with Gasteiger partial charge in [-0.05, 0) is 18.9 Å². The molecule has 0 atom stereocenters. The molecule has 2 rings (SSSR count). The van der Waals surface area contributed by atoms with E-state index in [2.05, 4.69) is 29.0 Å². The molecule has 0 aliphatic carbocycles. The molecule has 2 heterocycles. The standard InChI is InChI=1S/C13H24N4O2S/c1-11(2)14-9-12-8-13(10-15-12)20(18,19)16-17-6-4-3-5-7-17/h8,10-11,14-16H,3-7,9H2,1-2H3. The maximum atomic E-state index is 12.3. The Hall–Kier alpha value is -0.890. The summed E-state index contributed by atoms with van der Waals surface area (Å²) in [5.74, 6) is 0. The molecule has 6 nitrogen and oxygen atoms in total.